The molecule has 0 spiro atoms. The van der Waals surface area contributed by atoms with Gasteiger partial charge in [-0.15, -0.1) is 24.8 Å². The molecular formula is C17H26Cl2N6O3. The second-order valence-corrected chi connectivity index (χ2v) is 6.58. The predicted molar refractivity (Wildman–Crippen MR) is 113 cm³/mol. The Bertz CT molecular complexity index is 966. The number of halogens is 2. The van der Waals surface area contributed by atoms with Crippen molar-refractivity contribution in [3.05, 3.63) is 38.2 Å². The molecule has 28 heavy (non-hydrogen) atoms. The average molecular weight is 433 g/mol. The van der Waals surface area contributed by atoms with E-state index in [-0.39, 0.29) is 42.1 Å². The Morgan fingerprint density at radius 1 is 1.18 bits per heavy atom. The molecule has 11 heteroatoms. The molecule has 0 saturated carbocycles. The number of carbonyl (C=O) groups is 1. The number of hydrogen-bond acceptors (Lipinski definition) is 6. The fraction of sp³-hybridized carbons (Fsp3) is 0.529. The highest BCUT2D eigenvalue weighted by Crippen LogP contribution is 2.12. The van der Waals surface area contributed by atoms with Gasteiger partial charge in [-0.1, -0.05) is 0 Å². The molecule has 2 N–H and O–H groups in total. The third-order valence-electron chi connectivity index (χ3n) is 4.76. The lowest BCUT2D eigenvalue weighted by atomic mass is 10.1. The second kappa shape index (κ2) is 10.0. The zero-order chi connectivity index (χ0) is 18.8. The molecule has 156 valence electrons. The van der Waals surface area contributed by atoms with Gasteiger partial charge in [0.1, 0.15) is 11.3 Å². The van der Waals surface area contributed by atoms with E-state index in [9.17, 15) is 14.4 Å². The first kappa shape index (κ1) is 24.1. The molecule has 1 amide bonds. The lowest BCUT2D eigenvalue weighted by Gasteiger charge is -2.27. The van der Waals surface area contributed by atoms with Gasteiger partial charge in [-0.25, -0.2) is 9.78 Å². The number of rotatable bonds is 4. The Kier molecular flexibility index (Phi) is 8.62. The van der Waals surface area contributed by atoms with Crippen molar-refractivity contribution in [2.75, 3.05) is 39.3 Å². The first-order valence-corrected chi connectivity index (χ1v) is 8.69. The summed E-state index contributed by atoms with van der Waals surface area (Å²) in [4.78, 5) is 43.5. The minimum absolute atomic E-state index is 0. The summed E-state index contributed by atoms with van der Waals surface area (Å²) in [6.45, 7) is 6.90. The normalized spacial score (nSPS) is 14.2. The summed E-state index contributed by atoms with van der Waals surface area (Å²) in [5.74, 6) is -0.307. The number of amides is 1. The topological polar surface area (TPSA) is 101 Å². The number of aryl methyl sites for hydroxylation is 2. The van der Waals surface area contributed by atoms with E-state index in [0.717, 1.165) is 37.3 Å². The zero-order valence-electron chi connectivity index (χ0n) is 16.2. The highest BCUT2D eigenvalue weighted by molar-refractivity contribution is 5.95. The zero-order valence-corrected chi connectivity index (χ0v) is 17.8. The number of piperazine rings is 1. The highest BCUT2D eigenvalue weighted by atomic mass is 35.5. The number of aromatic nitrogens is 3. The highest BCUT2D eigenvalue weighted by Gasteiger charge is 2.17. The Balaban J connectivity index is 0.00000196. The van der Waals surface area contributed by atoms with Crippen LogP contribution in [0.4, 0.5) is 0 Å². The van der Waals surface area contributed by atoms with Gasteiger partial charge >= 0.3 is 5.69 Å². The Hall–Kier alpha value is -1.94. The number of nitrogens with zero attached hydrogens (tertiary/aromatic N) is 4. The minimum Gasteiger partial charge on any atom is -0.349 e. The van der Waals surface area contributed by atoms with Crippen molar-refractivity contribution in [1.82, 2.24) is 29.7 Å². The Morgan fingerprint density at radius 2 is 1.82 bits per heavy atom. The molecule has 0 aliphatic carbocycles. The van der Waals surface area contributed by atoms with Crippen LogP contribution in [-0.4, -0.2) is 64.2 Å². The van der Waals surface area contributed by atoms with Crippen molar-refractivity contribution in [2.45, 2.75) is 6.92 Å². The molecule has 1 fully saturated rings. The summed E-state index contributed by atoms with van der Waals surface area (Å²) in [6, 6.07) is 1.59. The van der Waals surface area contributed by atoms with Crippen LogP contribution in [0, 0.1) is 6.92 Å². The van der Waals surface area contributed by atoms with Crippen molar-refractivity contribution in [1.29, 1.82) is 0 Å². The minimum atomic E-state index is -0.467. The molecule has 0 aromatic carbocycles. The van der Waals surface area contributed by atoms with Gasteiger partial charge in [0, 0.05) is 53.4 Å². The molecule has 1 aliphatic rings. The van der Waals surface area contributed by atoms with Crippen molar-refractivity contribution in [3.8, 4) is 0 Å². The van der Waals surface area contributed by atoms with Crippen molar-refractivity contribution >= 4 is 41.8 Å². The van der Waals surface area contributed by atoms with E-state index >= 15 is 0 Å². The van der Waals surface area contributed by atoms with Gasteiger partial charge in [-0.2, -0.15) is 0 Å². The van der Waals surface area contributed by atoms with Crippen molar-refractivity contribution < 1.29 is 4.79 Å². The van der Waals surface area contributed by atoms with Crippen LogP contribution in [0.5, 0.6) is 0 Å². The van der Waals surface area contributed by atoms with Crippen LogP contribution >= 0.6 is 24.8 Å². The first-order valence-electron chi connectivity index (χ1n) is 8.69. The summed E-state index contributed by atoms with van der Waals surface area (Å²) in [7, 11) is 2.98. The van der Waals surface area contributed by atoms with E-state index in [0.29, 0.717) is 17.5 Å². The summed E-state index contributed by atoms with van der Waals surface area (Å²) in [5.41, 5.74) is 0.187. The van der Waals surface area contributed by atoms with E-state index in [4.69, 9.17) is 0 Å². The predicted octanol–water partition coefficient (Wildman–Crippen LogP) is -0.581. The molecular weight excluding hydrogens is 407 g/mol. The van der Waals surface area contributed by atoms with Crippen molar-refractivity contribution in [2.24, 2.45) is 14.1 Å². The molecule has 1 aliphatic heterocycles. The van der Waals surface area contributed by atoms with Gasteiger partial charge in [0.05, 0.1) is 5.39 Å². The van der Waals surface area contributed by atoms with Crippen LogP contribution < -0.4 is 21.9 Å². The largest absolute Gasteiger partial charge is 0.349 e. The van der Waals surface area contributed by atoms with Crippen LogP contribution in [0.25, 0.3) is 11.0 Å². The van der Waals surface area contributed by atoms with Gasteiger partial charge in [0.2, 0.25) is 0 Å². The molecule has 2 aromatic rings. The monoisotopic (exact) mass is 432 g/mol. The molecule has 3 rings (SSSR count). The molecule has 0 radical (unpaired) electrons. The summed E-state index contributed by atoms with van der Waals surface area (Å²) in [6.07, 6.45) is 0. The van der Waals surface area contributed by atoms with Crippen LogP contribution in [0.1, 0.15) is 16.1 Å². The summed E-state index contributed by atoms with van der Waals surface area (Å²) in [5, 5.41) is 6.50. The molecule has 0 atom stereocenters. The van der Waals surface area contributed by atoms with Crippen LogP contribution in [-0.2, 0) is 14.1 Å². The molecule has 9 nitrogen and oxygen atoms in total. The standard InChI is InChI=1S/C17H24N6O3.2ClH/c1-11-10-12(15(24)19-6-9-23-7-4-18-5-8-23)20-14-13(11)16(25)22(3)17(26)21(14)2;;/h10,18H,4-9H2,1-3H3,(H,19,24);2*1H. The fourth-order valence-electron chi connectivity index (χ4n) is 3.20. The van der Waals surface area contributed by atoms with E-state index in [2.05, 4.69) is 20.5 Å². The van der Waals surface area contributed by atoms with Gasteiger partial charge < -0.3 is 10.6 Å². The summed E-state index contributed by atoms with van der Waals surface area (Å²) < 4.78 is 2.34. The maximum atomic E-state index is 12.5. The molecule has 0 unspecified atom stereocenters. The third kappa shape index (κ3) is 4.72. The van der Waals surface area contributed by atoms with Gasteiger partial charge in [-0.05, 0) is 18.6 Å². The van der Waals surface area contributed by atoms with Crippen LogP contribution in [0.3, 0.4) is 0 Å². The molecule has 1 saturated heterocycles. The van der Waals surface area contributed by atoms with E-state index in [1.165, 1.54) is 11.6 Å². The van der Waals surface area contributed by atoms with Gasteiger partial charge in [0.25, 0.3) is 11.5 Å². The third-order valence-corrected chi connectivity index (χ3v) is 4.76. The smallest absolute Gasteiger partial charge is 0.332 e. The SMILES string of the molecule is Cc1cc(C(=O)NCCN2CCNCC2)nc2c1c(=O)n(C)c(=O)n2C.Cl.Cl. The Labute approximate surface area is 174 Å². The first-order chi connectivity index (χ1) is 12.4. The second-order valence-electron chi connectivity index (χ2n) is 6.58. The summed E-state index contributed by atoms with van der Waals surface area (Å²) >= 11 is 0. The van der Waals surface area contributed by atoms with Gasteiger partial charge in [-0.3, -0.25) is 23.6 Å². The van der Waals surface area contributed by atoms with Crippen LogP contribution in [0.2, 0.25) is 0 Å². The van der Waals surface area contributed by atoms with E-state index in [1.807, 2.05) is 0 Å². The number of pyridine rings is 1. The quantitative estimate of drug-likeness (QED) is 0.669. The average Bonchev–Trinajstić information content (AvgIpc) is 2.64. The molecule has 3 heterocycles. The van der Waals surface area contributed by atoms with E-state index < -0.39 is 11.2 Å². The fourth-order valence-corrected chi connectivity index (χ4v) is 3.20. The number of hydrogen-bond donors (Lipinski definition) is 2. The maximum Gasteiger partial charge on any atom is 0.332 e. The van der Waals surface area contributed by atoms with Gasteiger partial charge in [0.15, 0.2) is 0 Å². The van der Waals surface area contributed by atoms with Crippen LogP contribution in [0.15, 0.2) is 15.7 Å². The molecule has 0 bridgehead atoms. The van der Waals surface area contributed by atoms with E-state index in [1.54, 1.807) is 20.0 Å². The number of carbonyl (C=O) groups excluding carboxylic acids is 1. The Morgan fingerprint density at radius 3 is 2.46 bits per heavy atom. The number of nitrogens with one attached hydrogen (secondary N) is 2. The lowest BCUT2D eigenvalue weighted by molar-refractivity contribution is 0.0942. The molecule has 2 aromatic heterocycles. The van der Waals surface area contributed by atoms with Crippen molar-refractivity contribution in [3.63, 3.8) is 0 Å². The number of fused-ring (bicyclic) bond motifs is 1. The maximum absolute atomic E-state index is 12.5. The lowest BCUT2D eigenvalue weighted by Crippen LogP contribution is -2.46.